The van der Waals surface area contributed by atoms with Gasteiger partial charge in [0, 0.05) is 41.5 Å². The lowest BCUT2D eigenvalue weighted by molar-refractivity contribution is -0.205. The van der Waals surface area contributed by atoms with Gasteiger partial charge < -0.3 is 20.5 Å². The molecule has 1 saturated heterocycles. The van der Waals surface area contributed by atoms with Crippen molar-refractivity contribution in [2.45, 2.75) is 90.9 Å². The number of anilines is 2. The van der Waals surface area contributed by atoms with Crippen molar-refractivity contribution in [1.29, 1.82) is 0 Å². The van der Waals surface area contributed by atoms with Crippen LogP contribution in [-0.2, 0) is 14.3 Å². The first-order valence-corrected chi connectivity index (χ1v) is 15.9. The van der Waals surface area contributed by atoms with Crippen molar-refractivity contribution in [3.63, 3.8) is 0 Å². The number of esters is 1. The van der Waals surface area contributed by atoms with Gasteiger partial charge in [-0.05, 0) is 55.8 Å². The number of hydrogen-bond donors (Lipinski definition) is 2. The summed E-state index contributed by atoms with van der Waals surface area (Å²) in [5.41, 5.74) is 3.54. The second kappa shape index (κ2) is 10.3. The summed E-state index contributed by atoms with van der Waals surface area (Å²) < 4.78 is 6.33. The van der Waals surface area contributed by atoms with Gasteiger partial charge in [0.15, 0.2) is 0 Å². The lowest BCUT2D eigenvalue weighted by Crippen LogP contribution is -2.63. The smallest absolute Gasteiger partial charge is 0.316 e. The molecule has 3 aliphatic carbocycles. The molecule has 1 heterocycles. The summed E-state index contributed by atoms with van der Waals surface area (Å²) in [5.74, 6) is 0.520. The van der Waals surface area contributed by atoms with Crippen LogP contribution in [0.1, 0.15) is 72.6 Å². The van der Waals surface area contributed by atoms with E-state index in [2.05, 4.69) is 27.4 Å². The lowest BCUT2D eigenvalue weighted by Gasteiger charge is -2.61. The number of hydrogen-bond acceptors (Lipinski definition) is 9. The minimum absolute atomic E-state index is 0.0260. The van der Waals surface area contributed by atoms with Crippen molar-refractivity contribution < 1.29 is 19.4 Å². The largest absolute Gasteiger partial charge is 0.461 e. The molecule has 4 fully saturated rings. The van der Waals surface area contributed by atoms with Crippen LogP contribution in [0.25, 0.3) is 0 Å². The van der Waals surface area contributed by atoms with E-state index in [9.17, 15) is 24.3 Å². The SMILES string of the molecule is C=C[C@]1(C)C[C@@H](OC(=O)CSCC2CCCN2c2c(N)c(=O)c2=O)[C@]2(C)[C@H](C)CC[C@]3(CCC(=O)[C@H]32)[C@@H](C)[C@@H]1O. The van der Waals surface area contributed by atoms with Gasteiger partial charge in [-0.15, -0.1) is 18.3 Å². The topological polar surface area (TPSA) is 127 Å². The molecule has 0 radical (unpaired) electrons. The molecule has 220 valence electrons. The van der Waals surface area contributed by atoms with Crippen LogP contribution in [0.15, 0.2) is 22.2 Å². The quantitative estimate of drug-likeness (QED) is 0.287. The van der Waals surface area contributed by atoms with Gasteiger partial charge in [0.2, 0.25) is 0 Å². The third-order valence-electron chi connectivity index (χ3n) is 11.7. The fourth-order valence-electron chi connectivity index (χ4n) is 8.96. The number of ketones is 1. The zero-order valence-electron chi connectivity index (χ0n) is 24.2. The summed E-state index contributed by atoms with van der Waals surface area (Å²) >= 11 is 1.45. The van der Waals surface area contributed by atoms with Gasteiger partial charge in [-0.2, -0.15) is 0 Å². The fourth-order valence-corrected chi connectivity index (χ4v) is 9.93. The maximum atomic E-state index is 13.5. The third kappa shape index (κ3) is 4.20. The van der Waals surface area contributed by atoms with Crippen LogP contribution >= 0.6 is 11.8 Å². The van der Waals surface area contributed by atoms with E-state index in [4.69, 9.17) is 10.5 Å². The first kappa shape index (κ1) is 29.4. The first-order valence-electron chi connectivity index (χ1n) is 14.8. The molecule has 9 heteroatoms. The molecule has 9 atom stereocenters. The summed E-state index contributed by atoms with van der Waals surface area (Å²) in [4.78, 5) is 52.5. The standard InChI is InChI=1S/C31H44N2O6S/c1-6-29(4)14-21(30(5)17(2)9-11-31(18(3)28(29)38)12-10-20(34)27(30)31)39-22(35)16-40-15-19-8-7-13-33(19)24-23(32)25(36)26(24)37/h6,17-19,21,27-28,38H,1,7-16,32H2,2-5H3/t17-,18+,19?,21-,27+,28+,29-,30+,31+/m1/s1. The molecule has 0 spiro atoms. The average Bonchev–Trinajstić information content (AvgIpc) is 3.53. The molecule has 1 unspecified atom stereocenters. The number of thioether (sulfide) groups is 1. The number of nitrogen functional groups attached to an aromatic ring is 1. The lowest BCUT2D eigenvalue weighted by atomic mass is 9.44. The van der Waals surface area contributed by atoms with Crippen molar-refractivity contribution in [3.8, 4) is 0 Å². The normalized spacial score (nSPS) is 41.4. The highest BCUT2D eigenvalue weighted by Gasteiger charge is 2.68. The molecular weight excluding hydrogens is 528 g/mol. The monoisotopic (exact) mass is 572 g/mol. The molecule has 1 aromatic rings. The van der Waals surface area contributed by atoms with E-state index in [0.29, 0.717) is 30.8 Å². The van der Waals surface area contributed by atoms with Crippen molar-refractivity contribution in [2.24, 2.45) is 34.0 Å². The highest BCUT2D eigenvalue weighted by Crippen LogP contribution is 2.68. The molecule has 0 aromatic heterocycles. The molecule has 40 heavy (non-hydrogen) atoms. The van der Waals surface area contributed by atoms with Crippen LogP contribution in [0.4, 0.5) is 11.4 Å². The molecule has 2 bridgehead atoms. The molecule has 3 N–H and O–H groups in total. The van der Waals surface area contributed by atoms with E-state index < -0.39 is 33.9 Å². The molecule has 3 saturated carbocycles. The van der Waals surface area contributed by atoms with Crippen LogP contribution in [0.2, 0.25) is 0 Å². The van der Waals surface area contributed by atoms with Gasteiger partial charge in [-0.1, -0.05) is 33.8 Å². The Labute approximate surface area is 240 Å². The Hall–Kier alpha value is -2.13. The minimum atomic E-state index is -0.692. The minimum Gasteiger partial charge on any atom is -0.461 e. The maximum absolute atomic E-state index is 13.5. The van der Waals surface area contributed by atoms with Crippen molar-refractivity contribution in [3.05, 3.63) is 33.1 Å². The Balaban J connectivity index is 1.34. The highest BCUT2D eigenvalue weighted by molar-refractivity contribution is 7.99. The highest BCUT2D eigenvalue weighted by atomic mass is 32.2. The van der Waals surface area contributed by atoms with E-state index >= 15 is 0 Å². The van der Waals surface area contributed by atoms with E-state index in [-0.39, 0.29) is 52.4 Å². The molecular formula is C31H44N2O6S. The fraction of sp³-hybridized carbons (Fsp3) is 0.742. The molecule has 4 aliphatic rings. The zero-order chi connectivity index (χ0) is 29.2. The molecule has 8 nitrogen and oxygen atoms in total. The number of aliphatic hydroxyl groups is 1. The van der Waals surface area contributed by atoms with Gasteiger partial charge in [-0.25, -0.2) is 0 Å². The molecule has 5 rings (SSSR count). The second-order valence-electron chi connectivity index (χ2n) is 13.5. The second-order valence-corrected chi connectivity index (χ2v) is 14.5. The van der Waals surface area contributed by atoms with Crippen molar-refractivity contribution in [1.82, 2.24) is 0 Å². The summed E-state index contributed by atoms with van der Waals surface area (Å²) in [5, 5.41) is 11.7. The summed E-state index contributed by atoms with van der Waals surface area (Å²) in [6.45, 7) is 13.2. The van der Waals surface area contributed by atoms with Gasteiger partial charge in [0.1, 0.15) is 23.3 Å². The maximum Gasteiger partial charge on any atom is 0.316 e. The Morgan fingerprint density at radius 2 is 1.93 bits per heavy atom. The summed E-state index contributed by atoms with van der Waals surface area (Å²) in [7, 11) is 0. The number of nitrogens with two attached hydrogens (primary N) is 1. The van der Waals surface area contributed by atoms with E-state index in [1.165, 1.54) is 11.8 Å². The number of ether oxygens (including phenoxy) is 1. The molecule has 1 aliphatic heterocycles. The number of carbonyl (C=O) groups excluding carboxylic acids is 2. The Morgan fingerprint density at radius 3 is 2.60 bits per heavy atom. The van der Waals surface area contributed by atoms with Crippen LogP contribution in [0.3, 0.4) is 0 Å². The third-order valence-corrected chi connectivity index (χ3v) is 12.8. The predicted octanol–water partition coefficient (Wildman–Crippen LogP) is 3.47. The molecule has 0 amide bonds. The van der Waals surface area contributed by atoms with Crippen LogP contribution < -0.4 is 21.5 Å². The number of Topliss-reactive ketones (excluding diaryl/α,β-unsaturated/α-hetero) is 1. The van der Waals surface area contributed by atoms with Crippen LogP contribution in [0, 0.1) is 34.0 Å². The van der Waals surface area contributed by atoms with Gasteiger partial charge in [-0.3, -0.25) is 19.2 Å². The van der Waals surface area contributed by atoms with Crippen molar-refractivity contribution in [2.75, 3.05) is 28.7 Å². The molecule has 1 aromatic carbocycles. The van der Waals surface area contributed by atoms with E-state index in [1.54, 1.807) is 0 Å². The Kier molecular flexibility index (Phi) is 7.56. The van der Waals surface area contributed by atoms with Gasteiger partial charge >= 0.3 is 5.97 Å². The van der Waals surface area contributed by atoms with Crippen LogP contribution in [-0.4, -0.2) is 53.2 Å². The predicted molar refractivity (Wildman–Crippen MR) is 158 cm³/mol. The summed E-state index contributed by atoms with van der Waals surface area (Å²) in [6, 6.07) is 0.0260. The van der Waals surface area contributed by atoms with Crippen molar-refractivity contribution >= 4 is 34.9 Å². The van der Waals surface area contributed by atoms with Gasteiger partial charge in [0.05, 0.1) is 11.9 Å². The first-order chi connectivity index (χ1) is 18.8. The number of rotatable bonds is 7. The number of aliphatic hydroxyl groups excluding tert-OH is 1. The van der Waals surface area contributed by atoms with E-state index in [0.717, 1.165) is 32.1 Å². The summed E-state index contributed by atoms with van der Waals surface area (Å²) in [6.07, 6.45) is 5.87. The zero-order valence-corrected chi connectivity index (χ0v) is 25.1. The number of carbonyl (C=O) groups is 2. The average molecular weight is 573 g/mol. The number of nitrogens with zero attached hydrogens (tertiary/aromatic N) is 1. The Morgan fingerprint density at radius 1 is 1.20 bits per heavy atom. The van der Waals surface area contributed by atoms with Gasteiger partial charge in [0.25, 0.3) is 10.9 Å². The Bertz CT molecular complexity index is 1270. The van der Waals surface area contributed by atoms with E-state index in [1.807, 2.05) is 17.9 Å². The van der Waals surface area contributed by atoms with Crippen LogP contribution in [0.5, 0.6) is 0 Å².